The van der Waals surface area contributed by atoms with E-state index in [1.54, 1.807) is 17.8 Å². The number of nitrogens with zero attached hydrogens (tertiary/aromatic N) is 5. The predicted octanol–water partition coefficient (Wildman–Crippen LogP) is 3.36. The van der Waals surface area contributed by atoms with Crippen LogP contribution in [0.1, 0.15) is 48.3 Å². The highest BCUT2D eigenvalue weighted by Crippen LogP contribution is 2.32. The molecule has 0 saturated carbocycles. The molecule has 0 aromatic carbocycles. The molecule has 1 fully saturated rings. The van der Waals surface area contributed by atoms with Crippen LogP contribution in [-0.4, -0.2) is 37.7 Å². The Morgan fingerprint density at radius 1 is 1.31 bits per heavy atom. The van der Waals surface area contributed by atoms with Crippen molar-refractivity contribution < 1.29 is 4.92 Å². The van der Waals surface area contributed by atoms with Gasteiger partial charge in [0, 0.05) is 24.5 Å². The lowest BCUT2D eigenvalue weighted by Crippen LogP contribution is -2.37. The van der Waals surface area contributed by atoms with Gasteiger partial charge in [0.25, 0.3) is 0 Å². The third-order valence-corrected chi connectivity index (χ3v) is 5.42. The van der Waals surface area contributed by atoms with Crippen molar-refractivity contribution in [3.63, 3.8) is 0 Å². The number of aromatic nitrogens is 3. The van der Waals surface area contributed by atoms with Gasteiger partial charge in [-0.1, -0.05) is 6.92 Å². The number of likely N-dealkylation sites (tertiary alicyclic amines) is 1. The van der Waals surface area contributed by atoms with Crippen molar-refractivity contribution in [2.75, 3.05) is 13.1 Å². The molecule has 2 atom stereocenters. The van der Waals surface area contributed by atoms with E-state index >= 15 is 0 Å². The van der Waals surface area contributed by atoms with Gasteiger partial charge in [-0.15, -0.1) is 0 Å². The average Bonchev–Trinajstić information content (AvgIpc) is 2.94. The molecule has 1 aliphatic rings. The summed E-state index contributed by atoms with van der Waals surface area (Å²) in [5, 5.41) is 14.9. The predicted molar refractivity (Wildman–Crippen MR) is 100.0 cm³/mol. The van der Waals surface area contributed by atoms with Crippen LogP contribution in [0.3, 0.4) is 0 Å². The largest absolute Gasteiger partial charge is 0.390 e. The Labute approximate surface area is 154 Å². The summed E-state index contributed by atoms with van der Waals surface area (Å²) in [5.74, 6) is 0.972. The van der Waals surface area contributed by atoms with E-state index < -0.39 is 4.92 Å². The normalized spacial score (nSPS) is 19.5. The molecule has 1 saturated heterocycles. The number of rotatable bonds is 5. The zero-order chi connectivity index (χ0) is 18.8. The van der Waals surface area contributed by atoms with E-state index in [9.17, 15) is 10.1 Å². The van der Waals surface area contributed by atoms with E-state index in [1.807, 2.05) is 13.8 Å². The van der Waals surface area contributed by atoms with E-state index in [2.05, 4.69) is 34.0 Å². The van der Waals surface area contributed by atoms with Crippen molar-refractivity contribution in [3.05, 3.63) is 51.0 Å². The number of piperidine rings is 1. The fourth-order valence-electron chi connectivity index (χ4n) is 4.00. The van der Waals surface area contributed by atoms with Gasteiger partial charge >= 0.3 is 5.82 Å². The van der Waals surface area contributed by atoms with Gasteiger partial charge in [-0.3, -0.25) is 9.88 Å². The lowest BCUT2D eigenvalue weighted by Gasteiger charge is -2.36. The van der Waals surface area contributed by atoms with Crippen LogP contribution in [0, 0.1) is 29.9 Å². The van der Waals surface area contributed by atoms with Crippen LogP contribution in [0.2, 0.25) is 0 Å². The maximum absolute atomic E-state index is 10.9. The van der Waals surface area contributed by atoms with Crippen molar-refractivity contribution in [1.82, 2.24) is 19.7 Å². The summed E-state index contributed by atoms with van der Waals surface area (Å²) in [7, 11) is 1.77. The van der Waals surface area contributed by atoms with Gasteiger partial charge in [0.05, 0.1) is 23.9 Å². The second kappa shape index (κ2) is 7.53. The molecule has 26 heavy (non-hydrogen) atoms. The van der Waals surface area contributed by atoms with E-state index in [0.717, 1.165) is 36.6 Å². The Hall–Kier alpha value is -2.28. The third-order valence-electron chi connectivity index (χ3n) is 5.42. The van der Waals surface area contributed by atoms with Crippen molar-refractivity contribution in [2.45, 2.75) is 46.1 Å². The highest BCUT2D eigenvalue weighted by molar-refractivity contribution is 5.25. The van der Waals surface area contributed by atoms with Crippen molar-refractivity contribution in [1.29, 1.82) is 0 Å². The maximum Gasteiger partial charge on any atom is 0.390 e. The summed E-state index contributed by atoms with van der Waals surface area (Å²) in [6, 6.07) is 5.98. The van der Waals surface area contributed by atoms with Crippen LogP contribution in [0.15, 0.2) is 18.2 Å². The molecule has 0 aliphatic carbocycles. The molecule has 0 unspecified atom stereocenters. The highest BCUT2D eigenvalue weighted by Gasteiger charge is 2.27. The van der Waals surface area contributed by atoms with E-state index in [-0.39, 0.29) is 5.82 Å². The SMILES string of the molecule is Cc1cc([C@@H](C)[C@H]2CCCN(Cc3cc([N+](=O)[O-])nn3C)C2)cc(C)n1. The van der Waals surface area contributed by atoms with Gasteiger partial charge in [0.2, 0.25) is 0 Å². The molecule has 0 amide bonds. The Kier molecular flexibility index (Phi) is 5.36. The summed E-state index contributed by atoms with van der Waals surface area (Å²) < 4.78 is 1.63. The van der Waals surface area contributed by atoms with E-state index in [0.29, 0.717) is 18.4 Å². The zero-order valence-corrected chi connectivity index (χ0v) is 16.0. The first-order chi connectivity index (χ1) is 12.3. The number of pyridine rings is 1. The summed E-state index contributed by atoms with van der Waals surface area (Å²) >= 11 is 0. The second-order valence-corrected chi connectivity index (χ2v) is 7.48. The Morgan fingerprint density at radius 3 is 2.62 bits per heavy atom. The molecule has 2 aromatic heterocycles. The van der Waals surface area contributed by atoms with Gasteiger partial charge in [-0.2, -0.15) is 4.68 Å². The van der Waals surface area contributed by atoms with Crippen LogP contribution in [0.25, 0.3) is 0 Å². The summed E-state index contributed by atoms with van der Waals surface area (Å²) in [4.78, 5) is 17.4. The minimum absolute atomic E-state index is 0.0767. The first-order valence-corrected chi connectivity index (χ1v) is 9.18. The molecule has 2 aromatic rings. The van der Waals surface area contributed by atoms with Gasteiger partial charge in [0.15, 0.2) is 0 Å². The zero-order valence-electron chi connectivity index (χ0n) is 16.0. The molecule has 7 nitrogen and oxygen atoms in total. The summed E-state index contributed by atoms with van der Waals surface area (Å²) in [5.41, 5.74) is 4.39. The maximum atomic E-state index is 10.9. The Morgan fingerprint density at radius 2 is 2.00 bits per heavy atom. The summed E-state index contributed by atoms with van der Waals surface area (Å²) in [6.07, 6.45) is 2.36. The quantitative estimate of drug-likeness (QED) is 0.606. The Balaban J connectivity index is 1.70. The lowest BCUT2D eigenvalue weighted by molar-refractivity contribution is -0.389. The number of aryl methyl sites for hydroxylation is 3. The molecule has 0 N–H and O–H groups in total. The van der Waals surface area contributed by atoms with Gasteiger partial charge in [-0.25, -0.2) is 0 Å². The molecule has 7 heteroatoms. The van der Waals surface area contributed by atoms with Crippen molar-refractivity contribution in [3.8, 4) is 0 Å². The minimum Gasteiger partial charge on any atom is -0.358 e. The van der Waals surface area contributed by atoms with E-state index in [1.165, 1.54) is 12.0 Å². The molecule has 0 radical (unpaired) electrons. The molecule has 0 spiro atoms. The third kappa shape index (κ3) is 4.09. The Bertz CT molecular complexity index is 781. The fourth-order valence-corrected chi connectivity index (χ4v) is 4.00. The topological polar surface area (TPSA) is 77.1 Å². The molecule has 3 rings (SSSR count). The first-order valence-electron chi connectivity index (χ1n) is 9.18. The number of hydrogen-bond acceptors (Lipinski definition) is 5. The highest BCUT2D eigenvalue weighted by atomic mass is 16.6. The minimum atomic E-state index is -0.432. The van der Waals surface area contributed by atoms with Gasteiger partial charge in [0.1, 0.15) is 0 Å². The summed E-state index contributed by atoms with van der Waals surface area (Å²) in [6.45, 7) is 9.13. The van der Waals surface area contributed by atoms with Crippen LogP contribution in [-0.2, 0) is 13.6 Å². The average molecular weight is 357 g/mol. The standard InChI is InChI=1S/C19H27N5O2/c1-13-8-17(9-14(2)20-13)15(3)16-6-5-7-23(11-16)12-18-10-19(24(25)26)21-22(18)4/h8-10,15-16H,5-7,11-12H2,1-4H3/t15-,16-/m0/s1. The molecule has 140 valence electrons. The van der Waals surface area contributed by atoms with Gasteiger partial charge in [-0.05, 0) is 67.7 Å². The molecular weight excluding hydrogens is 330 g/mol. The smallest absolute Gasteiger partial charge is 0.358 e. The first kappa shape index (κ1) is 18.5. The van der Waals surface area contributed by atoms with Crippen molar-refractivity contribution >= 4 is 5.82 Å². The fraction of sp³-hybridized carbons (Fsp3) is 0.579. The molecular formula is C19H27N5O2. The van der Waals surface area contributed by atoms with Crippen LogP contribution in [0.4, 0.5) is 5.82 Å². The van der Waals surface area contributed by atoms with Crippen molar-refractivity contribution in [2.24, 2.45) is 13.0 Å². The second-order valence-electron chi connectivity index (χ2n) is 7.48. The van der Waals surface area contributed by atoms with Crippen LogP contribution >= 0.6 is 0 Å². The number of hydrogen-bond donors (Lipinski definition) is 0. The van der Waals surface area contributed by atoms with Crippen LogP contribution in [0.5, 0.6) is 0 Å². The van der Waals surface area contributed by atoms with E-state index in [4.69, 9.17) is 0 Å². The van der Waals surface area contributed by atoms with Crippen LogP contribution < -0.4 is 0 Å². The lowest BCUT2D eigenvalue weighted by atomic mass is 9.82. The molecule has 1 aliphatic heterocycles. The monoisotopic (exact) mass is 357 g/mol. The molecule has 0 bridgehead atoms. The van der Waals surface area contributed by atoms with Gasteiger partial charge < -0.3 is 10.1 Å². The number of nitro groups is 1. The molecule has 3 heterocycles.